The number of hydrogen-bond acceptors (Lipinski definition) is 5. The van der Waals surface area contributed by atoms with Crippen LogP contribution in [-0.4, -0.2) is 41.6 Å². The summed E-state index contributed by atoms with van der Waals surface area (Å²) in [5.74, 6) is -0.203. The minimum atomic E-state index is -0.625. The highest BCUT2D eigenvalue weighted by Crippen LogP contribution is 2.34. The summed E-state index contributed by atoms with van der Waals surface area (Å²) in [7, 11) is 0. The molecule has 0 saturated carbocycles. The van der Waals surface area contributed by atoms with Crippen LogP contribution in [0.5, 0.6) is 0 Å². The molecule has 2 aromatic rings. The molecule has 0 aliphatic carbocycles. The Balaban J connectivity index is 1.89. The van der Waals surface area contributed by atoms with Gasteiger partial charge in [0.15, 0.2) is 0 Å². The molecule has 174 valence electrons. The molecule has 7 nitrogen and oxygen atoms in total. The molecular formula is C26H30N2O5. The maximum absolute atomic E-state index is 13.2. The zero-order chi connectivity index (χ0) is 24.2. The maximum Gasteiger partial charge on any atom is 0.407 e. The first-order valence-corrected chi connectivity index (χ1v) is 11.0. The summed E-state index contributed by atoms with van der Waals surface area (Å²) < 4.78 is 10.8. The Morgan fingerprint density at radius 2 is 1.70 bits per heavy atom. The van der Waals surface area contributed by atoms with E-state index in [1.165, 1.54) is 4.90 Å². The third kappa shape index (κ3) is 5.61. The Labute approximate surface area is 194 Å². The van der Waals surface area contributed by atoms with Crippen molar-refractivity contribution in [2.75, 3.05) is 13.2 Å². The molecular weight excluding hydrogens is 420 g/mol. The average molecular weight is 451 g/mol. The number of nitrogens with one attached hydrogen (secondary N) is 1. The maximum atomic E-state index is 13.2. The van der Waals surface area contributed by atoms with Crippen molar-refractivity contribution in [3.05, 3.63) is 77.4 Å². The largest absolute Gasteiger partial charge is 0.494 e. The highest BCUT2D eigenvalue weighted by atomic mass is 16.6. The van der Waals surface area contributed by atoms with Crippen LogP contribution in [0.15, 0.2) is 55.1 Å². The summed E-state index contributed by atoms with van der Waals surface area (Å²) >= 11 is 0. The number of ether oxygens (including phenoxy) is 2. The van der Waals surface area contributed by atoms with Gasteiger partial charge >= 0.3 is 6.09 Å². The van der Waals surface area contributed by atoms with E-state index in [-0.39, 0.29) is 18.4 Å². The van der Waals surface area contributed by atoms with E-state index in [0.717, 1.165) is 11.1 Å². The quantitative estimate of drug-likeness (QED) is 0.455. The van der Waals surface area contributed by atoms with Crippen molar-refractivity contribution >= 4 is 23.7 Å². The fourth-order valence-electron chi connectivity index (χ4n) is 3.74. The number of carbonyl (C=O) groups is 3. The van der Waals surface area contributed by atoms with Gasteiger partial charge in [0.25, 0.3) is 11.8 Å². The Morgan fingerprint density at radius 1 is 1.06 bits per heavy atom. The number of nitrogens with zero attached hydrogens (tertiary/aromatic N) is 1. The van der Waals surface area contributed by atoms with Gasteiger partial charge in [0, 0.05) is 12.1 Å². The summed E-state index contributed by atoms with van der Waals surface area (Å²) in [5, 5.41) is 2.72. The fourth-order valence-corrected chi connectivity index (χ4v) is 3.74. The second-order valence-electron chi connectivity index (χ2n) is 8.74. The van der Waals surface area contributed by atoms with E-state index in [4.69, 9.17) is 9.47 Å². The fraction of sp³-hybridized carbons (Fsp3) is 0.346. The first-order valence-electron chi connectivity index (χ1n) is 11.0. The number of imide groups is 1. The van der Waals surface area contributed by atoms with E-state index >= 15 is 0 Å². The number of fused-ring (bicyclic) bond motifs is 1. The number of carbonyl (C=O) groups excluding carboxylic acids is 3. The lowest BCUT2D eigenvalue weighted by Crippen LogP contribution is -2.38. The number of hydrogen-bond donors (Lipinski definition) is 1. The van der Waals surface area contributed by atoms with Gasteiger partial charge in [-0.15, -0.1) is 0 Å². The van der Waals surface area contributed by atoms with Gasteiger partial charge < -0.3 is 14.8 Å². The van der Waals surface area contributed by atoms with Gasteiger partial charge in [-0.05, 0) is 57.9 Å². The summed E-state index contributed by atoms with van der Waals surface area (Å²) in [4.78, 5) is 39.7. The van der Waals surface area contributed by atoms with Gasteiger partial charge in [-0.2, -0.15) is 0 Å². The van der Waals surface area contributed by atoms with Crippen molar-refractivity contribution in [3.63, 3.8) is 0 Å². The molecule has 1 atom stereocenters. The molecule has 0 bridgehead atoms. The van der Waals surface area contributed by atoms with Gasteiger partial charge in [0.2, 0.25) is 0 Å². The van der Waals surface area contributed by atoms with Crippen molar-refractivity contribution in [1.82, 2.24) is 10.2 Å². The molecule has 0 fully saturated rings. The molecule has 2 aromatic carbocycles. The smallest absolute Gasteiger partial charge is 0.407 e. The first-order chi connectivity index (χ1) is 15.6. The van der Waals surface area contributed by atoms with Crippen molar-refractivity contribution < 1.29 is 23.9 Å². The molecule has 1 heterocycles. The van der Waals surface area contributed by atoms with Crippen molar-refractivity contribution in [2.24, 2.45) is 0 Å². The predicted octanol–water partition coefficient (Wildman–Crippen LogP) is 4.95. The molecule has 1 N–H and O–H groups in total. The summed E-state index contributed by atoms with van der Waals surface area (Å²) in [6, 6.07) is 13.6. The molecule has 1 unspecified atom stereocenters. The van der Waals surface area contributed by atoms with Crippen LogP contribution in [0.3, 0.4) is 0 Å². The topological polar surface area (TPSA) is 84.9 Å². The van der Waals surface area contributed by atoms with Crippen LogP contribution in [0.25, 0.3) is 5.76 Å². The van der Waals surface area contributed by atoms with Gasteiger partial charge in [0.1, 0.15) is 11.4 Å². The number of alkyl carbamates (subject to hydrolysis) is 1. The Hall–Kier alpha value is -3.61. The normalized spacial score (nSPS) is 14.0. The van der Waals surface area contributed by atoms with Crippen molar-refractivity contribution in [2.45, 2.75) is 45.8 Å². The third-order valence-corrected chi connectivity index (χ3v) is 5.14. The van der Waals surface area contributed by atoms with Crippen molar-refractivity contribution in [1.29, 1.82) is 0 Å². The first kappa shape index (κ1) is 24.0. The molecule has 0 spiro atoms. The van der Waals surface area contributed by atoms with E-state index < -0.39 is 17.7 Å². The average Bonchev–Trinajstić information content (AvgIpc) is 3.01. The van der Waals surface area contributed by atoms with Gasteiger partial charge in [-0.1, -0.05) is 36.9 Å². The predicted molar refractivity (Wildman–Crippen MR) is 126 cm³/mol. The third-order valence-electron chi connectivity index (χ3n) is 5.14. The number of amides is 3. The summed E-state index contributed by atoms with van der Waals surface area (Å²) in [6.45, 7) is 11.9. The highest BCUT2D eigenvalue weighted by molar-refractivity contribution is 6.21. The summed E-state index contributed by atoms with van der Waals surface area (Å²) in [5.41, 5.74) is 1.63. The zero-order valence-electron chi connectivity index (χ0n) is 19.5. The lowest BCUT2D eigenvalue weighted by atomic mass is 9.99. The molecule has 3 rings (SSSR count). The van der Waals surface area contributed by atoms with Gasteiger partial charge in [-0.25, -0.2) is 4.79 Å². The number of rotatable bonds is 8. The van der Waals surface area contributed by atoms with E-state index in [1.54, 1.807) is 45.0 Å². The molecule has 0 saturated heterocycles. The van der Waals surface area contributed by atoms with Gasteiger partial charge in [0.05, 0.1) is 23.8 Å². The molecule has 1 aliphatic rings. The Morgan fingerprint density at radius 3 is 2.27 bits per heavy atom. The van der Waals surface area contributed by atoms with Crippen LogP contribution in [0.2, 0.25) is 0 Å². The van der Waals surface area contributed by atoms with Gasteiger partial charge in [-0.3, -0.25) is 14.5 Å². The van der Waals surface area contributed by atoms with Crippen LogP contribution in [0, 0.1) is 0 Å². The molecule has 7 heteroatoms. The van der Waals surface area contributed by atoms with Crippen LogP contribution in [-0.2, 0) is 9.47 Å². The molecule has 0 aromatic heterocycles. The molecule has 1 aliphatic heterocycles. The van der Waals surface area contributed by atoms with Crippen molar-refractivity contribution in [3.8, 4) is 0 Å². The lowest BCUT2D eigenvalue weighted by molar-refractivity contribution is 0.0517. The molecule has 33 heavy (non-hydrogen) atoms. The SMILES string of the molecule is C=C(OCC)c1cccc(C(CCNC(=O)OC(C)(C)C)N2C(=O)c3ccccc3C2=O)c1. The van der Waals surface area contributed by atoms with E-state index in [9.17, 15) is 14.4 Å². The number of benzene rings is 2. The van der Waals surface area contributed by atoms with Crippen LogP contribution < -0.4 is 5.32 Å². The molecule has 0 radical (unpaired) electrons. The molecule has 3 amide bonds. The minimum absolute atomic E-state index is 0.212. The highest BCUT2D eigenvalue weighted by Gasteiger charge is 2.40. The Bertz CT molecular complexity index is 1040. The standard InChI is InChI=1S/C26H30N2O5/c1-6-32-17(2)18-10-9-11-19(16-18)22(14-15-27-25(31)33-26(3,4)5)28-23(29)20-12-7-8-13-21(20)24(28)30/h7-13,16,22H,2,6,14-15H2,1,3-5H3,(H,27,31). The Kier molecular flexibility index (Phi) is 7.21. The lowest BCUT2D eigenvalue weighted by Gasteiger charge is -2.27. The van der Waals surface area contributed by atoms with Crippen LogP contribution in [0.1, 0.15) is 72.0 Å². The second-order valence-corrected chi connectivity index (χ2v) is 8.74. The van der Waals surface area contributed by atoms with Crippen LogP contribution in [0.4, 0.5) is 4.79 Å². The van der Waals surface area contributed by atoms with Crippen LogP contribution >= 0.6 is 0 Å². The minimum Gasteiger partial charge on any atom is -0.494 e. The van der Waals surface area contributed by atoms with E-state index in [2.05, 4.69) is 11.9 Å². The van der Waals surface area contributed by atoms with E-state index in [0.29, 0.717) is 29.9 Å². The van der Waals surface area contributed by atoms with E-state index in [1.807, 2.05) is 31.2 Å². The second kappa shape index (κ2) is 9.90. The monoisotopic (exact) mass is 450 g/mol. The summed E-state index contributed by atoms with van der Waals surface area (Å²) in [6.07, 6.45) is -0.239. The zero-order valence-corrected chi connectivity index (χ0v) is 19.5.